The van der Waals surface area contributed by atoms with Crippen molar-refractivity contribution >= 4 is 46.1 Å². The van der Waals surface area contributed by atoms with Gasteiger partial charge in [0.25, 0.3) is 5.91 Å². The number of para-hydroxylation sites is 1. The summed E-state index contributed by atoms with van der Waals surface area (Å²) in [5.74, 6) is 0.615. The molecule has 1 aliphatic rings. The summed E-state index contributed by atoms with van der Waals surface area (Å²) in [6, 6.07) is 15.3. The molecule has 4 rings (SSSR count). The third kappa shape index (κ3) is 5.32. The van der Waals surface area contributed by atoms with E-state index >= 15 is 0 Å². The number of carbonyl (C=O) groups excluding carboxylic acids is 1. The number of benzene rings is 2. The second kappa shape index (κ2) is 10.2. The smallest absolute Gasteiger partial charge is 0.273 e. The van der Waals surface area contributed by atoms with E-state index < -0.39 is 0 Å². The molecule has 5 N–H and O–H groups in total. The zero-order valence-corrected chi connectivity index (χ0v) is 18.8. The van der Waals surface area contributed by atoms with Crippen molar-refractivity contribution in [2.24, 2.45) is 10.9 Å². The highest BCUT2D eigenvalue weighted by molar-refractivity contribution is 7.80. The minimum atomic E-state index is -0.212. The van der Waals surface area contributed by atoms with Crippen LogP contribution in [-0.4, -0.2) is 33.2 Å². The predicted molar refractivity (Wildman–Crippen MR) is 132 cm³/mol. The molecular formula is C24H25N5O3S. The van der Waals surface area contributed by atoms with E-state index in [-0.39, 0.29) is 11.7 Å². The Kier molecular flexibility index (Phi) is 6.89. The van der Waals surface area contributed by atoms with Crippen LogP contribution in [-0.2, 0) is 11.3 Å². The van der Waals surface area contributed by atoms with E-state index in [4.69, 9.17) is 27.9 Å². The van der Waals surface area contributed by atoms with E-state index in [0.29, 0.717) is 23.0 Å². The predicted octanol–water partition coefficient (Wildman–Crippen LogP) is 3.33. The molecule has 0 bridgehead atoms. The molecule has 1 aromatic heterocycles. The Bertz CT molecular complexity index is 1230. The number of ether oxygens (including phenoxy) is 1. The first-order chi connectivity index (χ1) is 16.0. The number of amidine groups is 1. The molecule has 2 aromatic carbocycles. The highest BCUT2D eigenvalue weighted by Gasteiger charge is 2.20. The molecule has 3 aromatic rings. The number of carbonyl (C=O) groups is 1. The maximum absolute atomic E-state index is 12.0. The van der Waals surface area contributed by atoms with Crippen LogP contribution in [0.2, 0.25) is 0 Å². The molecule has 1 fully saturated rings. The number of hydrogen-bond acceptors (Lipinski definition) is 5. The Labute approximate surface area is 196 Å². The van der Waals surface area contributed by atoms with Gasteiger partial charge in [0.15, 0.2) is 10.9 Å². The van der Waals surface area contributed by atoms with Gasteiger partial charge >= 0.3 is 0 Å². The van der Waals surface area contributed by atoms with Gasteiger partial charge in [-0.2, -0.15) is 0 Å². The number of aryl methyl sites for hydroxylation is 1. The first kappa shape index (κ1) is 22.3. The third-order valence-electron chi connectivity index (χ3n) is 5.41. The van der Waals surface area contributed by atoms with Crippen molar-refractivity contribution in [3.8, 4) is 5.75 Å². The highest BCUT2D eigenvalue weighted by atomic mass is 32.1. The number of aromatic nitrogens is 1. The van der Waals surface area contributed by atoms with Crippen molar-refractivity contribution in [3.63, 3.8) is 0 Å². The second-order valence-corrected chi connectivity index (χ2v) is 8.09. The van der Waals surface area contributed by atoms with Crippen LogP contribution in [0.15, 0.2) is 65.6 Å². The summed E-state index contributed by atoms with van der Waals surface area (Å²) in [4.78, 5) is 12.0. The van der Waals surface area contributed by atoms with E-state index in [1.165, 1.54) is 0 Å². The number of nitrogens with one attached hydrogen (secondary N) is 2. The summed E-state index contributed by atoms with van der Waals surface area (Å²) in [5, 5.41) is 18.6. The summed E-state index contributed by atoms with van der Waals surface area (Å²) < 4.78 is 8.00. The Morgan fingerprint density at radius 2 is 1.91 bits per heavy atom. The maximum atomic E-state index is 12.0. The van der Waals surface area contributed by atoms with Gasteiger partial charge in [-0.15, -0.1) is 0 Å². The summed E-state index contributed by atoms with van der Waals surface area (Å²) >= 11 is 5.02. The number of nitrogens with two attached hydrogens (primary N) is 1. The van der Waals surface area contributed by atoms with Crippen molar-refractivity contribution in [2.75, 3.05) is 6.61 Å². The molecule has 9 heteroatoms. The van der Waals surface area contributed by atoms with E-state index in [0.717, 1.165) is 48.0 Å². The largest absolute Gasteiger partial charge is 0.494 e. The van der Waals surface area contributed by atoms with Crippen LogP contribution in [0.3, 0.4) is 0 Å². The maximum Gasteiger partial charge on any atom is 0.273 e. The number of amides is 1. The van der Waals surface area contributed by atoms with Crippen molar-refractivity contribution in [3.05, 3.63) is 71.6 Å². The molecule has 1 saturated heterocycles. The van der Waals surface area contributed by atoms with Crippen molar-refractivity contribution in [2.45, 2.75) is 25.8 Å². The lowest BCUT2D eigenvalue weighted by atomic mass is 10.1. The van der Waals surface area contributed by atoms with Crippen LogP contribution >= 0.6 is 12.2 Å². The van der Waals surface area contributed by atoms with Crippen LogP contribution in [0.1, 0.15) is 30.4 Å². The van der Waals surface area contributed by atoms with Gasteiger partial charge in [0.2, 0.25) is 0 Å². The molecular weight excluding hydrogens is 438 g/mol. The van der Waals surface area contributed by atoms with Gasteiger partial charge in [0.05, 0.1) is 6.61 Å². The van der Waals surface area contributed by atoms with Crippen molar-refractivity contribution in [1.82, 2.24) is 15.2 Å². The lowest BCUT2D eigenvalue weighted by Gasteiger charge is -2.08. The fourth-order valence-corrected chi connectivity index (χ4v) is 3.95. The van der Waals surface area contributed by atoms with Crippen molar-refractivity contribution in [1.29, 1.82) is 0 Å². The fourth-order valence-electron chi connectivity index (χ4n) is 3.74. The molecule has 0 atom stereocenters. The van der Waals surface area contributed by atoms with Gasteiger partial charge in [-0.3, -0.25) is 10.1 Å². The highest BCUT2D eigenvalue weighted by Crippen LogP contribution is 2.24. The Morgan fingerprint density at radius 3 is 2.64 bits per heavy atom. The fraction of sp³-hybridized carbons (Fsp3) is 0.208. The minimum Gasteiger partial charge on any atom is -0.494 e. The molecule has 170 valence electrons. The molecule has 0 aliphatic carbocycles. The van der Waals surface area contributed by atoms with Gasteiger partial charge in [-0.1, -0.05) is 23.4 Å². The van der Waals surface area contributed by atoms with Gasteiger partial charge in [-0.05, 0) is 67.9 Å². The monoisotopic (exact) mass is 463 g/mol. The average Bonchev–Trinajstić information content (AvgIpc) is 3.34. The van der Waals surface area contributed by atoms with E-state index in [2.05, 4.69) is 38.7 Å². The molecule has 0 unspecified atom stereocenters. The lowest BCUT2D eigenvalue weighted by Crippen LogP contribution is -2.21. The molecule has 1 amide bonds. The molecule has 2 heterocycles. The minimum absolute atomic E-state index is 0.0738. The molecule has 0 spiro atoms. The number of oxime groups is 1. The molecule has 0 radical (unpaired) electrons. The summed E-state index contributed by atoms with van der Waals surface area (Å²) in [7, 11) is 0. The first-order valence-corrected chi connectivity index (χ1v) is 11.1. The summed E-state index contributed by atoms with van der Waals surface area (Å²) in [6.45, 7) is 1.49. The van der Waals surface area contributed by atoms with Crippen LogP contribution in [0.25, 0.3) is 17.0 Å². The standard InChI is InChI=1S/C24H25N5O3S/c25-22(28-31)16-8-10-18(11-9-16)32-13-5-1-4-12-29-15-17(19-6-2-3-7-21(19)29)14-20-23(30)27-24(33)26-20/h2-3,6-11,14-15,31H,1,4-5,12-13H2,(H2,25,28)(H2,26,27,30,33)/b20-14+. The third-order valence-corrected chi connectivity index (χ3v) is 5.61. The number of hydrogen-bond donors (Lipinski definition) is 4. The van der Waals surface area contributed by atoms with E-state index in [1.54, 1.807) is 12.1 Å². The van der Waals surface area contributed by atoms with Crippen molar-refractivity contribution < 1.29 is 14.7 Å². The Hall–Kier alpha value is -3.85. The number of rotatable bonds is 9. The zero-order valence-electron chi connectivity index (χ0n) is 18.0. The first-order valence-electron chi connectivity index (χ1n) is 10.7. The number of unbranched alkanes of at least 4 members (excludes halogenated alkanes) is 2. The normalized spacial score (nSPS) is 15.2. The van der Waals surface area contributed by atoms with E-state index in [9.17, 15) is 4.79 Å². The van der Waals surface area contributed by atoms with E-state index in [1.807, 2.05) is 30.3 Å². The summed E-state index contributed by atoms with van der Waals surface area (Å²) in [6.07, 6.45) is 6.87. The molecule has 8 nitrogen and oxygen atoms in total. The average molecular weight is 464 g/mol. The number of thiocarbonyl (C=S) groups is 1. The van der Waals surface area contributed by atoms with Crippen LogP contribution < -0.4 is 21.1 Å². The van der Waals surface area contributed by atoms with Gasteiger partial charge in [-0.25, -0.2) is 0 Å². The SMILES string of the molecule is N/C(=N\O)c1ccc(OCCCCCn2cc(/C=C3/NC(=S)NC3=O)c3ccccc32)cc1. The second-order valence-electron chi connectivity index (χ2n) is 7.68. The topological polar surface area (TPSA) is 114 Å². The Morgan fingerprint density at radius 1 is 1.12 bits per heavy atom. The molecule has 0 saturated carbocycles. The van der Waals surface area contributed by atoms with Crippen LogP contribution in [0.4, 0.5) is 0 Å². The molecule has 1 aliphatic heterocycles. The van der Waals surface area contributed by atoms with Gasteiger partial charge in [0, 0.05) is 34.8 Å². The van der Waals surface area contributed by atoms with Crippen LogP contribution in [0.5, 0.6) is 5.75 Å². The molecule has 33 heavy (non-hydrogen) atoms. The number of fused-ring (bicyclic) bond motifs is 1. The summed E-state index contributed by atoms with van der Waals surface area (Å²) in [5.41, 5.74) is 8.78. The van der Waals surface area contributed by atoms with Gasteiger partial charge < -0.3 is 25.6 Å². The zero-order chi connectivity index (χ0) is 23.2. The lowest BCUT2D eigenvalue weighted by molar-refractivity contribution is -0.115. The van der Waals surface area contributed by atoms with Gasteiger partial charge in [0.1, 0.15) is 11.4 Å². The number of nitrogens with zero attached hydrogens (tertiary/aromatic N) is 2. The van der Waals surface area contributed by atoms with Crippen LogP contribution in [0, 0.1) is 0 Å². The Balaban J connectivity index is 1.30. The quantitative estimate of drug-likeness (QED) is 0.0736.